The van der Waals surface area contributed by atoms with Gasteiger partial charge in [0.15, 0.2) is 17.3 Å². The molecule has 0 aliphatic heterocycles. The summed E-state index contributed by atoms with van der Waals surface area (Å²) in [6, 6.07) is 16.5. The second-order valence-corrected chi connectivity index (χ2v) is 14.6. The molecule has 0 radical (unpaired) electrons. The smallest absolute Gasteiger partial charge is 0.349 e. The van der Waals surface area contributed by atoms with Crippen LogP contribution in [0, 0.1) is 34.5 Å². The van der Waals surface area contributed by atoms with Crippen LogP contribution < -0.4 is 20.9 Å². The number of esters is 2. The quantitative estimate of drug-likeness (QED) is 0.154. The number of allylic oxidation sites excluding steroid dienone is 6. The van der Waals surface area contributed by atoms with Crippen molar-refractivity contribution in [3.8, 4) is 12.1 Å². The monoisotopic (exact) mass is 792 g/mol. The molecule has 304 valence electrons. The van der Waals surface area contributed by atoms with E-state index in [1.807, 2.05) is 42.5 Å². The maximum Gasteiger partial charge on any atom is 0.349 e. The standard InChI is InChI=1S/C25H25NO3.C14H8O2.C11H19NO2/c1-3-5-8-17(4-2)16-29-25(28)23(15-26)20-11-6-9-18-14-22-19(13-21(18)20)10-7-12-24(22)27;15-13-5-1-3-9-7-12-10(8-11(9)13)4-2-6-14(12)16;1-3-5-6-10(4-2)9-14-11(13)7-8-12/h6-7,9-14,17H,3-5,8,16H2,1-2H3;1-8H;10H,3-7,9H2,1-2H3/b23-20+;;. The number of benzene rings is 3. The maximum absolute atomic E-state index is 12.7. The van der Waals surface area contributed by atoms with Gasteiger partial charge in [-0.25, -0.2) is 4.79 Å². The number of hydrogen-bond donors (Lipinski definition) is 0. The predicted molar refractivity (Wildman–Crippen MR) is 230 cm³/mol. The number of hydrogen-bond acceptors (Lipinski definition) is 9. The average molecular weight is 793 g/mol. The van der Waals surface area contributed by atoms with Crippen LogP contribution in [-0.4, -0.2) is 42.5 Å². The zero-order chi connectivity index (χ0) is 42.7. The van der Waals surface area contributed by atoms with E-state index in [9.17, 15) is 29.2 Å². The molecule has 9 heteroatoms. The molecule has 6 rings (SSSR count). The molecule has 0 amide bonds. The van der Waals surface area contributed by atoms with Gasteiger partial charge in [-0.15, -0.1) is 0 Å². The van der Waals surface area contributed by atoms with E-state index in [1.165, 1.54) is 31.1 Å². The Labute approximate surface area is 346 Å². The van der Waals surface area contributed by atoms with Gasteiger partial charge in [-0.2, -0.15) is 10.5 Å². The van der Waals surface area contributed by atoms with E-state index >= 15 is 0 Å². The van der Waals surface area contributed by atoms with E-state index in [4.69, 9.17) is 14.7 Å². The van der Waals surface area contributed by atoms with Crippen molar-refractivity contribution in [2.75, 3.05) is 13.2 Å². The minimum absolute atomic E-state index is 0.00132. The first-order valence-corrected chi connectivity index (χ1v) is 20.5. The summed E-state index contributed by atoms with van der Waals surface area (Å²) in [6.45, 7) is 9.26. The lowest BCUT2D eigenvalue weighted by atomic mass is 9.95. The van der Waals surface area contributed by atoms with Crippen molar-refractivity contribution in [3.63, 3.8) is 0 Å². The number of carbonyl (C=O) groups excluding carboxylic acids is 5. The molecule has 2 atom stereocenters. The Balaban J connectivity index is 0.000000216. The van der Waals surface area contributed by atoms with Crippen LogP contribution in [0.4, 0.5) is 0 Å². The highest BCUT2D eigenvalue weighted by Crippen LogP contribution is 2.16. The van der Waals surface area contributed by atoms with Crippen LogP contribution in [0.2, 0.25) is 0 Å². The summed E-state index contributed by atoms with van der Waals surface area (Å²) in [5.74, 6) is -0.277. The summed E-state index contributed by atoms with van der Waals surface area (Å²) in [5.41, 5.74) is 1.96. The van der Waals surface area contributed by atoms with E-state index < -0.39 is 11.9 Å². The Bertz CT molecular complexity index is 2450. The fraction of sp³-hybridized carbons (Fsp3) is 0.340. The summed E-state index contributed by atoms with van der Waals surface area (Å²) in [5, 5.41) is 22.5. The molecule has 0 heterocycles. The van der Waals surface area contributed by atoms with Gasteiger partial charge in [-0.05, 0) is 93.6 Å². The van der Waals surface area contributed by atoms with Crippen LogP contribution in [0.15, 0.2) is 78.9 Å². The molecular formula is C50H52N2O7. The molecule has 0 N–H and O–H groups in total. The molecule has 3 aromatic carbocycles. The summed E-state index contributed by atoms with van der Waals surface area (Å²) in [6.07, 6.45) is 23.8. The molecule has 2 unspecified atom stereocenters. The van der Waals surface area contributed by atoms with Gasteiger partial charge in [-0.3, -0.25) is 19.2 Å². The predicted octanol–water partition coefficient (Wildman–Crippen LogP) is 7.22. The molecule has 9 nitrogen and oxygen atoms in total. The fourth-order valence-corrected chi connectivity index (χ4v) is 6.84. The number of ketones is 3. The van der Waals surface area contributed by atoms with E-state index in [0.717, 1.165) is 65.0 Å². The first-order valence-electron chi connectivity index (χ1n) is 20.5. The summed E-state index contributed by atoms with van der Waals surface area (Å²) in [7, 11) is 0. The van der Waals surface area contributed by atoms with Crippen LogP contribution in [-0.2, 0) is 19.1 Å². The molecule has 3 aliphatic rings. The van der Waals surface area contributed by atoms with Gasteiger partial charge in [0.05, 0.1) is 19.3 Å². The molecule has 3 aromatic rings. The Hall–Kier alpha value is -6.45. The molecule has 0 saturated carbocycles. The van der Waals surface area contributed by atoms with Crippen LogP contribution in [0.3, 0.4) is 0 Å². The van der Waals surface area contributed by atoms with E-state index in [0.29, 0.717) is 47.0 Å². The van der Waals surface area contributed by atoms with Crippen molar-refractivity contribution in [1.82, 2.24) is 0 Å². The zero-order valence-corrected chi connectivity index (χ0v) is 34.4. The highest BCUT2D eigenvalue weighted by Gasteiger charge is 2.18. The minimum atomic E-state index is -0.590. The van der Waals surface area contributed by atoms with Crippen molar-refractivity contribution in [1.29, 1.82) is 10.5 Å². The van der Waals surface area contributed by atoms with Crippen molar-refractivity contribution < 1.29 is 33.4 Å². The van der Waals surface area contributed by atoms with Crippen molar-refractivity contribution in [3.05, 3.63) is 116 Å². The maximum atomic E-state index is 12.7. The topological polar surface area (TPSA) is 151 Å². The molecule has 59 heavy (non-hydrogen) atoms. The van der Waals surface area contributed by atoms with Gasteiger partial charge in [0.25, 0.3) is 0 Å². The lowest BCUT2D eigenvalue weighted by molar-refractivity contribution is -0.144. The molecule has 0 spiro atoms. The molecule has 0 saturated heterocycles. The van der Waals surface area contributed by atoms with Gasteiger partial charge < -0.3 is 9.47 Å². The number of unbranched alkanes of at least 4 members (excludes halogenated alkanes) is 2. The number of rotatable bonds is 14. The largest absolute Gasteiger partial charge is 0.465 e. The molecule has 0 bridgehead atoms. The van der Waals surface area contributed by atoms with Gasteiger partial charge in [-0.1, -0.05) is 121 Å². The molecule has 0 fully saturated rings. The van der Waals surface area contributed by atoms with Gasteiger partial charge in [0.2, 0.25) is 0 Å². The third kappa shape index (κ3) is 12.5. The minimum Gasteiger partial charge on any atom is -0.465 e. The second-order valence-electron chi connectivity index (χ2n) is 14.6. The third-order valence-electron chi connectivity index (χ3n) is 10.5. The summed E-state index contributed by atoms with van der Waals surface area (Å²) >= 11 is 0. The number of carbonyl (C=O) groups is 5. The first kappa shape index (κ1) is 45.3. The lowest BCUT2D eigenvalue weighted by Gasteiger charge is -2.14. The number of nitriles is 2. The van der Waals surface area contributed by atoms with Crippen LogP contribution in [0.1, 0.15) is 117 Å². The highest BCUT2D eigenvalue weighted by molar-refractivity contribution is 6.17. The summed E-state index contributed by atoms with van der Waals surface area (Å²) < 4.78 is 10.5. The second kappa shape index (κ2) is 23.1. The van der Waals surface area contributed by atoms with Crippen LogP contribution >= 0.6 is 0 Å². The molecular weight excluding hydrogens is 741 g/mol. The Morgan fingerprint density at radius 3 is 1.63 bits per heavy atom. The van der Waals surface area contributed by atoms with Crippen LogP contribution in [0.5, 0.6) is 0 Å². The number of nitrogens with zero attached hydrogens (tertiary/aromatic N) is 2. The van der Waals surface area contributed by atoms with E-state index in [1.54, 1.807) is 48.6 Å². The third-order valence-corrected chi connectivity index (χ3v) is 10.5. The van der Waals surface area contributed by atoms with Crippen molar-refractivity contribution in [2.45, 2.75) is 85.5 Å². The normalized spacial score (nSPS) is 14.4. The van der Waals surface area contributed by atoms with Crippen LogP contribution in [0.25, 0.3) is 34.6 Å². The Morgan fingerprint density at radius 2 is 1.15 bits per heavy atom. The number of ether oxygens (including phenoxy) is 2. The fourth-order valence-electron chi connectivity index (χ4n) is 6.84. The van der Waals surface area contributed by atoms with Gasteiger partial charge in [0.1, 0.15) is 18.1 Å². The summed E-state index contributed by atoms with van der Waals surface area (Å²) in [4.78, 5) is 59.0. The van der Waals surface area contributed by atoms with Crippen molar-refractivity contribution in [2.24, 2.45) is 11.8 Å². The zero-order valence-electron chi connectivity index (χ0n) is 34.4. The highest BCUT2D eigenvalue weighted by atomic mass is 16.5. The van der Waals surface area contributed by atoms with Gasteiger partial charge >= 0.3 is 11.9 Å². The van der Waals surface area contributed by atoms with Crippen molar-refractivity contribution >= 4 is 63.9 Å². The van der Waals surface area contributed by atoms with E-state index in [-0.39, 0.29) is 29.3 Å². The Kier molecular flexibility index (Phi) is 17.7. The molecule has 3 aliphatic carbocycles. The average Bonchev–Trinajstić information content (AvgIpc) is 3.24. The number of fused-ring (bicyclic) bond motifs is 4. The van der Waals surface area contributed by atoms with E-state index in [2.05, 4.69) is 27.7 Å². The Morgan fingerprint density at radius 1 is 0.661 bits per heavy atom. The van der Waals surface area contributed by atoms with Gasteiger partial charge in [0, 0.05) is 21.9 Å². The lowest BCUT2D eigenvalue weighted by Crippen LogP contribution is -2.26. The SMILES string of the molecule is CCCCC(CC)COC(=O)/C(C#N)=c1\cccc2cc3c(cc12)=CC=CC3=O.CCCCC(CC)COC(=O)CC#N.O=C1C=CC=c2cc3c(cc21)=CC=CC3=O. The molecule has 0 aromatic heterocycles. The first-order chi connectivity index (χ1) is 28.6.